The Labute approximate surface area is 104 Å². The summed E-state index contributed by atoms with van der Waals surface area (Å²) in [5, 5.41) is 9.28. The number of aliphatic hydroxyl groups is 1. The summed E-state index contributed by atoms with van der Waals surface area (Å²) in [7, 11) is 2.18. The van der Waals surface area contributed by atoms with Crippen LogP contribution in [0.1, 0.15) is 32.1 Å². The van der Waals surface area contributed by atoms with Crippen molar-refractivity contribution in [1.29, 1.82) is 0 Å². The highest BCUT2D eigenvalue weighted by atomic mass is 16.5. The minimum absolute atomic E-state index is 0.115. The molecule has 1 aliphatic heterocycles. The predicted octanol–water partition coefficient (Wildman–Crippen LogP) is 0.587. The number of hydrogen-bond acceptors (Lipinski definition) is 4. The molecule has 0 spiro atoms. The summed E-state index contributed by atoms with van der Waals surface area (Å²) in [6.45, 7) is 3.06. The predicted molar refractivity (Wildman–Crippen MR) is 67.8 cm³/mol. The second kappa shape index (κ2) is 5.65. The molecule has 3 N–H and O–H groups in total. The molecule has 2 rings (SSSR count). The van der Waals surface area contributed by atoms with Crippen molar-refractivity contribution in [3.05, 3.63) is 0 Å². The van der Waals surface area contributed by atoms with E-state index in [-0.39, 0.29) is 12.1 Å². The molecule has 1 aliphatic carbocycles. The van der Waals surface area contributed by atoms with Gasteiger partial charge in [0.25, 0.3) is 0 Å². The topological polar surface area (TPSA) is 58.7 Å². The number of rotatable bonds is 4. The molecule has 1 heterocycles. The standard InChI is InChI=1S/C13H26N2O2/c1-15(8-11-3-2-6-17-9-11)12-4-5-13(14,7-12)10-16/h11-12,16H,2-10,14H2,1H3. The van der Waals surface area contributed by atoms with E-state index in [1.807, 2.05) is 0 Å². The van der Waals surface area contributed by atoms with Crippen molar-refractivity contribution in [3.8, 4) is 0 Å². The van der Waals surface area contributed by atoms with Crippen molar-refractivity contribution >= 4 is 0 Å². The van der Waals surface area contributed by atoms with Crippen LogP contribution >= 0.6 is 0 Å². The minimum Gasteiger partial charge on any atom is -0.394 e. The van der Waals surface area contributed by atoms with Gasteiger partial charge >= 0.3 is 0 Å². The first-order valence-corrected chi connectivity index (χ1v) is 6.81. The average molecular weight is 242 g/mol. The van der Waals surface area contributed by atoms with Crippen molar-refractivity contribution in [3.63, 3.8) is 0 Å². The summed E-state index contributed by atoms with van der Waals surface area (Å²) in [6, 6.07) is 0.536. The fourth-order valence-corrected chi connectivity index (χ4v) is 3.16. The second-order valence-electron chi connectivity index (χ2n) is 5.94. The lowest BCUT2D eigenvalue weighted by Gasteiger charge is -2.31. The first-order chi connectivity index (χ1) is 8.13. The van der Waals surface area contributed by atoms with Gasteiger partial charge in [0.15, 0.2) is 0 Å². The van der Waals surface area contributed by atoms with Gasteiger partial charge in [-0.2, -0.15) is 0 Å². The molecule has 0 amide bonds. The smallest absolute Gasteiger partial charge is 0.0611 e. The van der Waals surface area contributed by atoms with Crippen molar-refractivity contribution in [2.24, 2.45) is 11.7 Å². The summed E-state index contributed by atoms with van der Waals surface area (Å²) >= 11 is 0. The Morgan fingerprint density at radius 3 is 2.88 bits per heavy atom. The van der Waals surface area contributed by atoms with E-state index in [2.05, 4.69) is 11.9 Å². The number of nitrogens with zero attached hydrogens (tertiary/aromatic N) is 1. The van der Waals surface area contributed by atoms with Gasteiger partial charge in [0.05, 0.1) is 13.2 Å². The molecule has 0 aromatic heterocycles. The van der Waals surface area contributed by atoms with Gasteiger partial charge in [-0.15, -0.1) is 0 Å². The highest BCUT2D eigenvalue weighted by Crippen LogP contribution is 2.31. The molecule has 4 heteroatoms. The van der Waals surface area contributed by atoms with Gasteiger partial charge in [0.1, 0.15) is 0 Å². The lowest BCUT2D eigenvalue weighted by Crippen LogP contribution is -2.44. The van der Waals surface area contributed by atoms with E-state index in [1.54, 1.807) is 0 Å². The first kappa shape index (κ1) is 13.3. The molecule has 0 radical (unpaired) electrons. The normalized spacial score (nSPS) is 38.8. The molecule has 1 saturated heterocycles. The third-order valence-corrected chi connectivity index (χ3v) is 4.36. The number of aliphatic hydroxyl groups excluding tert-OH is 1. The zero-order chi connectivity index (χ0) is 12.3. The largest absolute Gasteiger partial charge is 0.394 e. The Hall–Kier alpha value is -0.160. The SMILES string of the molecule is CN(CC1CCCOC1)C1CCC(N)(CO)C1. The van der Waals surface area contributed by atoms with Crippen molar-refractivity contribution < 1.29 is 9.84 Å². The first-order valence-electron chi connectivity index (χ1n) is 6.81. The maximum Gasteiger partial charge on any atom is 0.0611 e. The van der Waals surface area contributed by atoms with Gasteiger partial charge in [-0.25, -0.2) is 0 Å². The van der Waals surface area contributed by atoms with Crippen LogP contribution in [0.3, 0.4) is 0 Å². The number of ether oxygens (including phenoxy) is 1. The van der Waals surface area contributed by atoms with E-state index in [9.17, 15) is 5.11 Å². The number of hydrogen-bond donors (Lipinski definition) is 2. The molecule has 0 aromatic rings. The van der Waals surface area contributed by atoms with Crippen LogP contribution < -0.4 is 5.73 Å². The Morgan fingerprint density at radius 1 is 1.47 bits per heavy atom. The van der Waals surface area contributed by atoms with Gasteiger partial charge in [-0.3, -0.25) is 0 Å². The molecule has 3 unspecified atom stereocenters. The number of nitrogens with two attached hydrogens (primary N) is 1. The summed E-state index contributed by atoms with van der Waals surface area (Å²) in [4.78, 5) is 2.42. The van der Waals surface area contributed by atoms with Gasteiger partial charge < -0.3 is 20.5 Å². The van der Waals surface area contributed by atoms with E-state index in [1.165, 1.54) is 12.8 Å². The zero-order valence-electron chi connectivity index (χ0n) is 10.9. The Morgan fingerprint density at radius 2 is 2.29 bits per heavy atom. The summed E-state index contributed by atoms with van der Waals surface area (Å²) in [5.41, 5.74) is 5.79. The fourth-order valence-electron chi connectivity index (χ4n) is 3.16. The lowest BCUT2D eigenvalue weighted by atomic mass is 9.99. The molecule has 2 fully saturated rings. The van der Waals surface area contributed by atoms with Crippen LogP contribution in [0.4, 0.5) is 0 Å². The van der Waals surface area contributed by atoms with E-state index in [4.69, 9.17) is 10.5 Å². The molecule has 3 atom stereocenters. The Kier molecular flexibility index (Phi) is 4.42. The maximum atomic E-state index is 9.28. The molecular weight excluding hydrogens is 216 g/mol. The van der Waals surface area contributed by atoms with E-state index in [0.717, 1.165) is 39.0 Å². The lowest BCUT2D eigenvalue weighted by molar-refractivity contribution is 0.0358. The second-order valence-corrected chi connectivity index (χ2v) is 5.94. The fraction of sp³-hybridized carbons (Fsp3) is 1.00. The molecule has 4 nitrogen and oxygen atoms in total. The third-order valence-electron chi connectivity index (χ3n) is 4.36. The quantitative estimate of drug-likeness (QED) is 0.757. The molecule has 17 heavy (non-hydrogen) atoms. The monoisotopic (exact) mass is 242 g/mol. The van der Waals surface area contributed by atoms with Crippen molar-refractivity contribution in [1.82, 2.24) is 4.90 Å². The molecule has 0 aromatic carbocycles. The van der Waals surface area contributed by atoms with Gasteiger partial charge in [0, 0.05) is 24.7 Å². The molecule has 100 valence electrons. The van der Waals surface area contributed by atoms with Crippen LogP contribution in [0.5, 0.6) is 0 Å². The van der Waals surface area contributed by atoms with Gasteiger partial charge in [-0.1, -0.05) is 0 Å². The van der Waals surface area contributed by atoms with Crippen LogP contribution in [-0.4, -0.2) is 55.0 Å². The van der Waals surface area contributed by atoms with Crippen LogP contribution in [0.15, 0.2) is 0 Å². The highest BCUT2D eigenvalue weighted by Gasteiger charge is 2.37. The molecule has 2 aliphatic rings. The van der Waals surface area contributed by atoms with Crippen molar-refractivity contribution in [2.75, 3.05) is 33.4 Å². The van der Waals surface area contributed by atoms with E-state index >= 15 is 0 Å². The summed E-state index contributed by atoms with van der Waals surface area (Å²) in [6.07, 6.45) is 5.46. The molecule has 1 saturated carbocycles. The highest BCUT2D eigenvalue weighted by molar-refractivity contribution is 4.96. The van der Waals surface area contributed by atoms with E-state index in [0.29, 0.717) is 12.0 Å². The molecular formula is C13H26N2O2. The van der Waals surface area contributed by atoms with Crippen LogP contribution in [0, 0.1) is 5.92 Å². The van der Waals surface area contributed by atoms with Gasteiger partial charge in [-0.05, 0) is 45.1 Å². The van der Waals surface area contributed by atoms with Crippen LogP contribution in [0.25, 0.3) is 0 Å². The third kappa shape index (κ3) is 3.41. The Balaban J connectivity index is 1.78. The maximum absolute atomic E-state index is 9.28. The summed E-state index contributed by atoms with van der Waals surface area (Å²) in [5.74, 6) is 0.677. The van der Waals surface area contributed by atoms with Crippen LogP contribution in [0.2, 0.25) is 0 Å². The van der Waals surface area contributed by atoms with Gasteiger partial charge in [0.2, 0.25) is 0 Å². The van der Waals surface area contributed by atoms with E-state index < -0.39 is 0 Å². The average Bonchev–Trinajstić information content (AvgIpc) is 2.74. The van der Waals surface area contributed by atoms with Crippen LogP contribution in [-0.2, 0) is 4.74 Å². The minimum atomic E-state index is -0.331. The Bertz CT molecular complexity index is 244. The molecule has 0 bridgehead atoms. The van der Waals surface area contributed by atoms with Crippen molar-refractivity contribution in [2.45, 2.75) is 43.7 Å². The summed E-state index contributed by atoms with van der Waals surface area (Å²) < 4.78 is 5.52. The zero-order valence-corrected chi connectivity index (χ0v) is 10.9.